The molecule has 0 saturated carbocycles. The van der Waals surface area contributed by atoms with E-state index in [1.54, 1.807) is 6.92 Å². The quantitative estimate of drug-likeness (QED) is 0.510. The van der Waals surface area contributed by atoms with Crippen LogP contribution in [0.25, 0.3) is 0 Å². The maximum atomic E-state index is 11.2. The minimum absolute atomic E-state index is 0.162. The molecule has 14 heavy (non-hydrogen) atoms. The van der Waals surface area contributed by atoms with Gasteiger partial charge in [-0.3, -0.25) is 0 Å². The van der Waals surface area contributed by atoms with Gasteiger partial charge in [0.1, 0.15) is 0 Å². The highest BCUT2D eigenvalue weighted by atomic mass is 32.2. The summed E-state index contributed by atoms with van der Waals surface area (Å²) in [6.07, 6.45) is 0.898. The van der Waals surface area contributed by atoms with E-state index in [0.29, 0.717) is 0 Å². The van der Waals surface area contributed by atoms with E-state index in [1.807, 2.05) is 0 Å². The van der Waals surface area contributed by atoms with Crippen molar-refractivity contribution in [1.82, 2.24) is 0 Å². The van der Waals surface area contributed by atoms with Gasteiger partial charge in [-0.15, -0.1) is 0 Å². The Kier molecular flexibility index (Phi) is 4.49. The highest BCUT2D eigenvalue weighted by Crippen LogP contribution is 2.00. The van der Waals surface area contributed by atoms with Gasteiger partial charge in [-0.2, -0.15) is 4.40 Å². The molecule has 0 aromatic heterocycles. The van der Waals surface area contributed by atoms with Crippen LogP contribution in [0.15, 0.2) is 16.5 Å². The smallest absolute Gasteiger partial charge is 0.358 e. The zero-order valence-electron chi connectivity index (χ0n) is 8.40. The Hall–Kier alpha value is -1.17. The van der Waals surface area contributed by atoms with Crippen molar-refractivity contribution in [3.05, 3.63) is 12.2 Å². The summed E-state index contributed by atoms with van der Waals surface area (Å²) in [5.74, 6) is -0.773. The molecular formula is C8H13NO4S. The number of hydrogen-bond donors (Lipinski definition) is 0. The average Bonchev–Trinajstić information content (AvgIpc) is 1.98. The van der Waals surface area contributed by atoms with Gasteiger partial charge >= 0.3 is 5.97 Å². The Labute approximate surface area is 83.5 Å². The van der Waals surface area contributed by atoms with Gasteiger partial charge < -0.3 is 4.74 Å². The zero-order valence-corrected chi connectivity index (χ0v) is 9.22. The first kappa shape index (κ1) is 12.8. The van der Waals surface area contributed by atoms with Crippen molar-refractivity contribution < 1.29 is 17.9 Å². The summed E-state index contributed by atoms with van der Waals surface area (Å²) in [6, 6.07) is 0. The predicted molar refractivity (Wildman–Crippen MR) is 53.7 cm³/mol. The van der Waals surface area contributed by atoms with Crippen molar-refractivity contribution in [2.75, 3.05) is 12.9 Å². The lowest BCUT2D eigenvalue weighted by Crippen LogP contribution is -2.19. The number of carbonyl (C=O) groups excluding carboxylic acids is 1. The Bertz CT molecular complexity index is 367. The molecule has 0 spiro atoms. The van der Waals surface area contributed by atoms with E-state index in [4.69, 9.17) is 0 Å². The lowest BCUT2D eigenvalue weighted by Gasteiger charge is -2.03. The van der Waals surface area contributed by atoms with E-state index in [2.05, 4.69) is 15.7 Å². The fraction of sp³-hybridized carbons (Fsp3) is 0.500. The first-order chi connectivity index (χ1) is 6.28. The molecule has 0 aromatic carbocycles. The number of rotatable bonds is 4. The molecule has 6 heteroatoms. The molecule has 0 atom stereocenters. The molecule has 80 valence electrons. The molecule has 0 aromatic rings. The largest absolute Gasteiger partial charge is 0.461 e. The molecule has 0 fully saturated rings. The Morgan fingerprint density at radius 3 is 2.29 bits per heavy atom. The summed E-state index contributed by atoms with van der Waals surface area (Å²) in [6.45, 7) is 6.71. The first-order valence-corrected chi connectivity index (χ1v) is 5.75. The second-order valence-corrected chi connectivity index (χ2v) is 4.32. The molecule has 0 amide bonds. The van der Waals surface area contributed by atoms with E-state index in [9.17, 15) is 13.2 Å². The highest BCUT2D eigenvalue weighted by molar-refractivity contribution is 7.89. The van der Waals surface area contributed by atoms with Crippen LogP contribution in [0.1, 0.15) is 13.8 Å². The van der Waals surface area contributed by atoms with Crippen LogP contribution in [0.4, 0.5) is 0 Å². The topological polar surface area (TPSA) is 72.8 Å². The summed E-state index contributed by atoms with van der Waals surface area (Å²) in [4.78, 5) is 11.2. The molecule has 5 nitrogen and oxygen atoms in total. The van der Waals surface area contributed by atoms with Crippen LogP contribution in [-0.2, 0) is 19.6 Å². The maximum Gasteiger partial charge on any atom is 0.358 e. The second-order valence-electron chi connectivity index (χ2n) is 2.67. The van der Waals surface area contributed by atoms with Crippen molar-refractivity contribution in [1.29, 1.82) is 0 Å². The molecule has 0 aliphatic carbocycles. The minimum Gasteiger partial charge on any atom is -0.461 e. The van der Waals surface area contributed by atoms with Gasteiger partial charge in [-0.05, 0) is 19.4 Å². The van der Waals surface area contributed by atoms with Gasteiger partial charge in [0, 0.05) is 0 Å². The van der Waals surface area contributed by atoms with Crippen molar-refractivity contribution in [3.8, 4) is 0 Å². The van der Waals surface area contributed by atoms with Gasteiger partial charge in [0.15, 0.2) is 5.71 Å². The lowest BCUT2D eigenvalue weighted by atomic mass is 10.2. The van der Waals surface area contributed by atoms with Crippen LogP contribution in [0.5, 0.6) is 0 Å². The van der Waals surface area contributed by atoms with Gasteiger partial charge in [0.25, 0.3) is 10.0 Å². The molecule has 0 aliphatic rings. The fourth-order valence-electron chi connectivity index (χ4n) is 0.655. The van der Waals surface area contributed by atoms with Gasteiger partial charge in [0.2, 0.25) is 0 Å². The van der Waals surface area contributed by atoms with Crippen molar-refractivity contribution in [2.45, 2.75) is 13.8 Å². The van der Waals surface area contributed by atoms with E-state index < -0.39 is 16.0 Å². The number of esters is 1. The minimum atomic E-state index is -3.61. The van der Waals surface area contributed by atoms with Crippen LogP contribution in [0, 0.1) is 0 Å². The van der Waals surface area contributed by atoms with E-state index in [1.165, 1.54) is 6.92 Å². The molecule has 0 heterocycles. The van der Waals surface area contributed by atoms with E-state index >= 15 is 0 Å². The summed E-state index contributed by atoms with van der Waals surface area (Å²) in [5.41, 5.74) is 0.00299. The molecular weight excluding hydrogens is 206 g/mol. The van der Waals surface area contributed by atoms with Crippen molar-refractivity contribution in [2.24, 2.45) is 4.40 Å². The van der Waals surface area contributed by atoms with Gasteiger partial charge in [0.05, 0.1) is 12.9 Å². The van der Waals surface area contributed by atoms with Crippen molar-refractivity contribution in [3.63, 3.8) is 0 Å². The highest BCUT2D eigenvalue weighted by Gasteiger charge is 2.15. The third-order valence-corrected chi connectivity index (χ3v) is 1.64. The van der Waals surface area contributed by atoms with Gasteiger partial charge in [-0.1, -0.05) is 6.58 Å². The van der Waals surface area contributed by atoms with Crippen LogP contribution >= 0.6 is 0 Å². The Balaban J connectivity index is 5.07. The van der Waals surface area contributed by atoms with Crippen LogP contribution in [-0.4, -0.2) is 33.0 Å². The van der Waals surface area contributed by atoms with Crippen LogP contribution in [0.2, 0.25) is 0 Å². The number of hydrogen-bond acceptors (Lipinski definition) is 4. The summed E-state index contributed by atoms with van der Waals surface area (Å²) < 4.78 is 29.5. The average molecular weight is 219 g/mol. The third-order valence-electron chi connectivity index (χ3n) is 1.13. The summed E-state index contributed by atoms with van der Waals surface area (Å²) >= 11 is 0. The molecule has 0 rings (SSSR count). The third kappa shape index (κ3) is 4.76. The monoisotopic (exact) mass is 219 g/mol. The van der Waals surface area contributed by atoms with Gasteiger partial charge in [-0.25, -0.2) is 13.2 Å². The first-order valence-electron chi connectivity index (χ1n) is 3.91. The Morgan fingerprint density at radius 2 is 2.00 bits per heavy atom. The van der Waals surface area contributed by atoms with E-state index in [0.717, 1.165) is 6.26 Å². The lowest BCUT2D eigenvalue weighted by molar-refractivity contribution is -0.134. The number of ether oxygens (including phenoxy) is 1. The van der Waals surface area contributed by atoms with E-state index in [-0.39, 0.29) is 17.9 Å². The normalized spacial score (nSPS) is 12.4. The molecule has 0 N–H and O–H groups in total. The Morgan fingerprint density at radius 1 is 1.50 bits per heavy atom. The molecule has 0 bridgehead atoms. The SMILES string of the molecule is C=C(C)/C(=N/S(C)(=O)=O)C(=O)OCC. The number of nitrogens with zero attached hydrogens (tertiary/aromatic N) is 1. The maximum absolute atomic E-state index is 11.2. The molecule has 0 radical (unpaired) electrons. The number of sulfonamides is 1. The zero-order chi connectivity index (χ0) is 11.4. The predicted octanol–water partition coefficient (Wildman–Crippen LogP) is 0.526. The standard InChI is InChI=1S/C8H13NO4S/c1-5-13-8(10)7(6(2)3)9-14(4,11)12/h2,5H2,1,3-4H3/b9-7-. The number of carbonyl (C=O) groups is 1. The summed E-state index contributed by atoms with van der Waals surface area (Å²) in [7, 11) is -3.61. The fourth-order valence-corrected chi connectivity index (χ4v) is 1.22. The second kappa shape index (κ2) is 4.90. The summed E-state index contributed by atoms with van der Waals surface area (Å²) in [5, 5.41) is 0. The van der Waals surface area contributed by atoms with Crippen molar-refractivity contribution >= 4 is 21.7 Å². The van der Waals surface area contributed by atoms with Crippen LogP contribution in [0.3, 0.4) is 0 Å². The van der Waals surface area contributed by atoms with Crippen LogP contribution < -0.4 is 0 Å². The molecule has 0 aliphatic heterocycles. The molecule has 0 saturated heterocycles. The molecule has 0 unspecified atom stereocenters.